The highest BCUT2D eigenvalue weighted by atomic mass is 19.4. The summed E-state index contributed by atoms with van der Waals surface area (Å²) in [7, 11) is 0. The average Bonchev–Trinajstić information content (AvgIpc) is 3.46. The molecule has 10 heteroatoms. The van der Waals surface area contributed by atoms with Crippen molar-refractivity contribution in [2.24, 2.45) is 11.8 Å². The number of hydrogen-bond acceptors (Lipinski definition) is 3. The van der Waals surface area contributed by atoms with Crippen molar-refractivity contribution < 1.29 is 44.9 Å². The minimum absolute atomic E-state index is 0.0358. The molecule has 2 atom stereocenters. The zero-order valence-electron chi connectivity index (χ0n) is 21.3. The third kappa shape index (κ3) is 6.54. The smallest absolute Gasteiger partial charge is 0.429 e. The van der Waals surface area contributed by atoms with Gasteiger partial charge < -0.3 is 14.2 Å². The van der Waals surface area contributed by atoms with E-state index in [1.54, 1.807) is 0 Å². The fourth-order valence-electron chi connectivity index (χ4n) is 5.60. The summed E-state index contributed by atoms with van der Waals surface area (Å²) in [4.78, 5) is 0. The van der Waals surface area contributed by atoms with Gasteiger partial charge >= 0.3 is 12.5 Å². The molecule has 1 aliphatic carbocycles. The topological polar surface area (TPSA) is 27.7 Å². The molecule has 0 bridgehead atoms. The summed E-state index contributed by atoms with van der Waals surface area (Å²) in [5.74, 6) is -5.02. The molecule has 214 valence electrons. The highest BCUT2D eigenvalue weighted by molar-refractivity contribution is 5.64. The number of benzene rings is 3. The van der Waals surface area contributed by atoms with E-state index < -0.39 is 41.2 Å². The molecule has 1 aliphatic heterocycles. The van der Waals surface area contributed by atoms with Gasteiger partial charge in [0, 0.05) is 12.1 Å². The first-order valence-electron chi connectivity index (χ1n) is 13.1. The molecule has 0 spiro atoms. The fourth-order valence-corrected chi connectivity index (χ4v) is 5.60. The van der Waals surface area contributed by atoms with Crippen molar-refractivity contribution in [1.29, 1.82) is 0 Å². The van der Waals surface area contributed by atoms with Crippen LogP contribution in [-0.4, -0.2) is 13.0 Å². The highest BCUT2D eigenvalue weighted by Crippen LogP contribution is 2.41. The van der Waals surface area contributed by atoms with Gasteiger partial charge in [0.15, 0.2) is 11.6 Å². The number of alkyl halides is 5. The Kier molecular flexibility index (Phi) is 7.99. The van der Waals surface area contributed by atoms with E-state index in [1.807, 2.05) is 24.3 Å². The van der Waals surface area contributed by atoms with Gasteiger partial charge in [0.2, 0.25) is 5.75 Å². The predicted octanol–water partition coefficient (Wildman–Crippen LogP) is 9.32. The minimum atomic E-state index is -5.36. The normalized spacial score (nSPS) is 20.5. The first-order valence-corrected chi connectivity index (χ1v) is 13.1. The van der Waals surface area contributed by atoms with Crippen LogP contribution < -0.4 is 9.47 Å². The molecule has 0 amide bonds. The molecule has 5 rings (SSSR count). The maximum atomic E-state index is 14.7. The molecule has 3 nitrogen and oxygen atoms in total. The van der Waals surface area contributed by atoms with E-state index in [4.69, 9.17) is 4.74 Å². The fraction of sp³-hybridized carbons (Fsp3) is 0.400. The van der Waals surface area contributed by atoms with Crippen molar-refractivity contribution in [2.75, 3.05) is 6.61 Å². The van der Waals surface area contributed by atoms with Crippen molar-refractivity contribution >= 4 is 0 Å². The van der Waals surface area contributed by atoms with Gasteiger partial charge in [0.25, 0.3) is 0 Å². The van der Waals surface area contributed by atoms with Gasteiger partial charge in [-0.25, -0.2) is 8.78 Å². The molecule has 1 heterocycles. The molecule has 0 radical (unpaired) electrons. The Morgan fingerprint density at radius 3 is 1.77 bits per heavy atom. The lowest BCUT2D eigenvalue weighted by molar-refractivity contribution is -0.276. The summed E-state index contributed by atoms with van der Waals surface area (Å²) in [6.07, 6.45) is -2.00. The molecule has 1 saturated heterocycles. The number of hydrogen-bond donors (Lipinski definition) is 0. The molecule has 2 unspecified atom stereocenters. The SMILES string of the molecule is Fc1cc(OC(F)(F)c2ccc(-c3ccc(C4CCC(C5CCCC5)CO4)cc3)cc2)cc(F)c1OC(F)(F)F. The van der Waals surface area contributed by atoms with Gasteiger partial charge in [-0.2, -0.15) is 8.78 Å². The van der Waals surface area contributed by atoms with Crippen LogP contribution in [0.4, 0.5) is 30.7 Å². The quantitative estimate of drug-likeness (QED) is 0.266. The van der Waals surface area contributed by atoms with E-state index in [0.717, 1.165) is 48.6 Å². The highest BCUT2D eigenvalue weighted by Gasteiger charge is 2.37. The Morgan fingerprint density at radius 2 is 1.25 bits per heavy atom. The number of ether oxygens (including phenoxy) is 3. The second-order valence-electron chi connectivity index (χ2n) is 10.3. The lowest BCUT2D eigenvalue weighted by Crippen LogP contribution is -2.25. The van der Waals surface area contributed by atoms with E-state index in [-0.39, 0.29) is 18.2 Å². The molecule has 3 aromatic carbocycles. The largest absolute Gasteiger partial charge is 0.573 e. The molecule has 40 heavy (non-hydrogen) atoms. The van der Waals surface area contributed by atoms with Crippen LogP contribution in [0.25, 0.3) is 11.1 Å². The Bertz CT molecular complexity index is 1270. The summed E-state index contributed by atoms with van der Waals surface area (Å²) < 4.78 is 108. The summed E-state index contributed by atoms with van der Waals surface area (Å²) in [6.45, 7) is 0.777. The average molecular weight is 569 g/mol. The molecule has 2 fully saturated rings. The number of halogens is 7. The van der Waals surface area contributed by atoms with Crippen LogP contribution in [0.15, 0.2) is 60.7 Å². The van der Waals surface area contributed by atoms with E-state index in [1.165, 1.54) is 37.8 Å². The predicted molar refractivity (Wildman–Crippen MR) is 133 cm³/mol. The van der Waals surface area contributed by atoms with Gasteiger partial charge in [0.1, 0.15) is 5.75 Å². The van der Waals surface area contributed by atoms with Crippen LogP contribution in [0.5, 0.6) is 11.5 Å². The minimum Gasteiger partial charge on any atom is -0.429 e. The lowest BCUT2D eigenvalue weighted by atomic mass is 9.84. The van der Waals surface area contributed by atoms with E-state index in [0.29, 0.717) is 11.5 Å². The Balaban J connectivity index is 1.22. The Labute approximate surface area is 226 Å². The zero-order chi connectivity index (χ0) is 28.5. The van der Waals surface area contributed by atoms with Crippen molar-refractivity contribution in [2.45, 2.75) is 57.1 Å². The third-order valence-corrected chi connectivity index (χ3v) is 7.65. The van der Waals surface area contributed by atoms with Crippen LogP contribution in [0.2, 0.25) is 0 Å². The van der Waals surface area contributed by atoms with Crippen molar-refractivity contribution in [3.05, 3.63) is 83.4 Å². The van der Waals surface area contributed by atoms with Gasteiger partial charge in [-0.3, -0.25) is 0 Å². The molecule has 0 N–H and O–H groups in total. The summed E-state index contributed by atoms with van der Waals surface area (Å²) in [5.41, 5.74) is 1.90. The molecule has 2 aliphatic rings. The first kappa shape index (κ1) is 28.3. The van der Waals surface area contributed by atoms with Crippen molar-refractivity contribution in [3.63, 3.8) is 0 Å². The van der Waals surface area contributed by atoms with Crippen LogP contribution in [-0.2, 0) is 10.8 Å². The van der Waals surface area contributed by atoms with E-state index >= 15 is 0 Å². The van der Waals surface area contributed by atoms with E-state index in [9.17, 15) is 30.7 Å². The van der Waals surface area contributed by atoms with Crippen molar-refractivity contribution in [1.82, 2.24) is 0 Å². The summed E-state index contributed by atoms with van der Waals surface area (Å²) in [6, 6.07) is 13.2. The van der Waals surface area contributed by atoms with Crippen LogP contribution in [0.3, 0.4) is 0 Å². The zero-order valence-corrected chi connectivity index (χ0v) is 21.3. The molecular weight excluding hydrogens is 541 g/mol. The molecule has 3 aromatic rings. The second kappa shape index (κ2) is 11.3. The van der Waals surface area contributed by atoms with Crippen LogP contribution >= 0.6 is 0 Å². The van der Waals surface area contributed by atoms with E-state index in [2.05, 4.69) is 9.47 Å². The van der Waals surface area contributed by atoms with Crippen molar-refractivity contribution in [3.8, 4) is 22.6 Å². The van der Waals surface area contributed by atoms with Gasteiger partial charge in [-0.05, 0) is 53.5 Å². The summed E-state index contributed by atoms with van der Waals surface area (Å²) >= 11 is 0. The second-order valence-corrected chi connectivity index (χ2v) is 10.3. The maximum Gasteiger partial charge on any atom is 0.573 e. The Hall–Kier alpha value is -3.27. The monoisotopic (exact) mass is 568 g/mol. The first-order chi connectivity index (χ1) is 19.0. The maximum absolute atomic E-state index is 14.7. The standard InChI is InChI=1S/C30H27F7O3/c31-25-15-24(16-26(32)28(25)40-30(35,36)37)39-29(33,34)23-12-9-20(10-13-23)19-5-7-21(8-6-19)27-14-11-22(17-38-27)18-3-1-2-4-18/h5-10,12-13,15-16,18,22,27H,1-4,11,14,17H2. The Morgan fingerprint density at radius 1 is 0.675 bits per heavy atom. The molecule has 1 saturated carbocycles. The number of rotatable bonds is 7. The molecule has 0 aromatic heterocycles. The van der Waals surface area contributed by atoms with Gasteiger partial charge in [0.05, 0.1) is 18.3 Å². The lowest BCUT2D eigenvalue weighted by Gasteiger charge is -2.32. The third-order valence-electron chi connectivity index (χ3n) is 7.65. The van der Waals surface area contributed by atoms with Gasteiger partial charge in [-0.15, -0.1) is 13.2 Å². The molecular formula is C30H27F7O3. The van der Waals surface area contributed by atoms with Crippen LogP contribution in [0, 0.1) is 23.5 Å². The summed E-state index contributed by atoms with van der Waals surface area (Å²) in [5, 5.41) is 0. The van der Waals surface area contributed by atoms with Crippen LogP contribution in [0.1, 0.15) is 55.8 Å². The van der Waals surface area contributed by atoms with Gasteiger partial charge in [-0.1, -0.05) is 62.1 Å².